The number of piperidine rings is 1. The molecule has 1 aliphatic carbocycles. The van der Waals surface area contributed by atoms with Crippen molar-refractivity contribution in [3.63, 3.8) is 0 Å². The van der Waals surface area contributed by atoms with E-state index in [2.05, 4.69) is 5.16 Å². The van der Waals surface area contributed by atoms with Gasteiger partial charge in [-0.15, -0.1) is 0 Å². The number of carboxylic acid groups (broad SMARTS) is 1. The number of hydrogen-bond donors (Lipinski definition) is 2. The molecule has 1 aliphatic heterocycles. The van der Waals surface area contributed by atoms with Gasteiger partial charge in [0.1, 0.15) is 0 Å². The molecule has 2 fully saturated rings. The van der Waals surface area contributed by atoms with E-state index in [-0.39, 0.29) is 12.3 Å². The number of rotatable bonds is 5. The second-order valence-electron chi connectivity index (χ2n) is 8.03. The van der Waals surface area contributed by atoms with Crippen LogP contribution in [0.2, 0.25) is 0 Å². The maximum atomic E-state index is 12.7. The minimum atomic E-state index is -0.696. The number of nitrogens with zero attached hydrogens (tertiary/aromatic N) is 2. The molecule has 2 N–H and O–H groups in total. The Hall–Kier alpha value is -2.37. The summed E-state index contributed by atoms with van der Waals surface area (Å²) in [5.74, 6) is -0.0846. The number of hydrogen-bond acceptors (Lipinski definition) is 4. The van der Waals surface area contributed by atoms with Gasteiger partial charge in [-0.05, 0) is 74.0 Å². The molecule has 1 amide bonds. The minimum absolute atomic E-state index is 0.0625. The van der Waals surface area contributed by atoms with E-state index in [1.54, 1.807) is 24.3 Å². The lowest BCUT2D eigenvalue weighted by molar-refractivity contribution is -0.137. The molecule has 1 spiro atoms. The largest absolute Gasteiger partial charge is 0.481 e. The van der Waals surface area contributed by atoms with Crippen LogP contribution in [0, 0.1) is 11.3 Å². The molecular weight excluding hydrogens is 344 g/mol. The number of aliphatic carboxylic acids is 1. The fraction of sp³-hybridized carbons (Fsp3) is 0.571. The van der Waals surface area contributed by atoms with Crippen LogP contribution in [-0.2, 0) is 4.79 Å². The van der Waals surface area contributed by atoms with Gasteiger partial charge in [0.25, 0.3) is 5.91 Å². The third kappa shape index (κ3) is 4.87. The summed E-state index contributed by atoms with van der Waals surface area (Å²) in [5, 5.41) is 20.4. The van der Waals surface area contributed by atoms with Crippen molar-refractivity contribution in [1.29, 1.82) is 0 Å². The van der Waals surface area contributed by atoms with Gasteiger partial charge in [-0.1, -0.05) is 17.3 Å². The Morgan fingerprint density at radius 3 is 2.30 bits per heavy atom. The molecule has 1 heterocycles. The van der Waals surface area contributed by atoms with Crippen molar-refractivity contribution in [3.05, 3.63) is 35.4 Å². The molecule has 1 aromatic rings. The molecule has 1 saturated carbocycles. The number of carbonyl (C=O) groups is 2. The SMILES string of the molecule is O=C(O)CCC1CCC2(CC1)CCN(C(=O)c1ccc(C=NO)cc1)CC2. The molecule has 0 aromatic heterocycles. The first-order chi connectivity index (χ1) is 13.0. The van der Waals surface area contributed by atoms with Crippen LogP contribution in [-0.4, -0.2) is 46.4 Å². The minimum Gasteiger partial charge on any atom is -0.481 e. The molecule has 3 rings (SSSR count). The van der Waals surface area contributed by atoms with Gasteiger partial charge in [0.15, 0.2) is 0 Å². The van der Waals surface area contributed by atoms with E-state index in [1.165, 1.54) is 6.21 Å². The Bertz CT molecular complexity index is 681. The number of benzene rings is 1. The molecule has 2 aliphatic rings. The highest BCUT2D eigenvalue weighted by Gasteiger charge is 2.39. The number of carbonyl (C=O) groups excluding carboxylic acids is 1. The van der Waals surface area contributed by atoms with Crippen LogP contribution in [0.3, 0.4) is 0 Å². The fourth-order valence-electron chi connectivity index (χ4n) is 4.55. The normalized spacial score (nSPS) is 20.2. The van der Waals surface area contributed by atoms with Crippen molar-refractivity contribution >= 4 is 18.1 Å². The van der Waals surface area contributed by atoms with E-state index in [0.29, 0.717) is 16.9 Å². The zero-order valence-corrected chi connectivity index (χ0v) is 15.6. The van der Waals surface area contributed by atoms with E-state index in [0.717, 1.165) is 63.6 Å². The molecule has 6 heteroatoms. The second-order valence-corrected chi connectivity index (χ2v) is 8.03. The van der Waals surface area contributed by atoms with Gasteiger partial charge < -0.3 is 15.2 Å². The molecule has 0 radical (unpaired) electrons. The summed E-state index contributed by atoms with van der Waals surface area (Å²) in [7, 11) is 0. The predicted octanol–water partition coefficient (Wildman–Crippen LogP) is 3.77. The zero-order valence-electron chi connectivity index (χ0n) is 15.6. The third-order valence-corrected chi connectivity index (χ3v) is 6.41. The van der Waals surface area contributed by atoms with Gasteiger partial charge in [-0.25, -0.2) is 0 Å². The first-order valence-corrected chi connectivity index (χ1v) is 9.80. The summed E-state index contributed by atoms with van der Waals surface area (Å²) >= 11 is 0. The number of likely N-dealkylation sites (tertiary alicyclic amines) is 1. The first-order valence-electron chi connectivity index (χ1n) is 9.80. The monoisotopic (exact) mass is 372 g/mol. The number of amides is 1. The van der Waals surface area contributed by atoms with Crippen LogP contribution < -0.4 is 0 Å². The van der Waals surface area contributed by atoms with Crippen molar-refractivity contribution in [2.24, 2.45) is 16.5 Å². The summed E-state index contributed by atoms with van der Waals surface area (Å²) in [6.07, 6.45) is 9.06. The van der Waals surface area contributed by atoms with Crippen LogP contribution in [0.4, 0.5) is 0 Å². The Morgan fingerprint density at radius 2 is 1.74 bits per heavy atom. The van der Waals surface area contributed by atoms with Crippen LogP contribution in [0.25, 0.3) is 0 Å². The summed E-state index contributed by atoms with van der Waals surface area (Å²) in [6.45, 7) is 1.58. The molecule has 1 saturated heterocycles. The Kier molecular flexibility index (Phi) is 6.14. The Balaban J connectivity index is 1.50. The molecule has 146 valence electrons. The predicted molar refractivity (Wildman–Crippen MR) is 102 cm³/mol. The highest BCUT2D eigenvalue weighted by Crippen LogP contribution is 2.47. The molecule has 0 atom stereocenters. The quantitative estimate of drug-likeness (QED) is 0.468. The molecule has 0 unspecified atom stereocenters. The third-order valence-electron chi connectivity index (χ3n) is 6.41. The number of carboxylic acids is 1. The van der Waals surface area contributed by atoms with Crippen LogP contribution in [0.15, 0.2) is 29.4 Å². The lowest BCUT2D eigenvalue weighted by atomic mass is 9.65. The van der Waals surface area contributed by atoms with Crippen molar-refractivity contribution in [2.75, 3.05) is 13.1 Å². The van der Waals surface area contributed by atoms with Gasteiger partial charge in [0.05, 0.1) is 6.21 Å². The highest BCUT2D eigenvalue weighted by atomic mass is 16.4. The second kappa shape index (κ2) is 8.55. The summed E-state index contributed by atoms with van der Waals surface area (Å²) < 4.78 is 0. The summed E-state index contributed by atoms with van der Waals surface area (Å²) in [6, 6.07) is 7.10. The van der Waals surface area contributed by atoms with Gasteiger partial charge in [-0.2, -0.15) is 0 Å². The molecule has 0 bridgehead atoms. The maximum Gasteiger partial charge on any atom is 0.303 e. The summed E-state index contributed by atoms with van der Waals surface area (Å²) in [5.41, 5.74) is 1.77. The van der Waals surface area contributed by atoms with Gasteiger partial charge in [-0.3, -0.25) is 9.59 Å². The summed E-state index contributed by atoms with van der Waals surface area (Å²) in [4.78, 5) is 25.4. The van der Waals surface area contributed by atoms with Gasteiger partial charge in [0.2, 0.25) is 0 Å². The van der Waals surface area contributed by atoms with Crippen LogP contribution >= 0.6 is 0 Å². The van der Waals surface area contributed by atoms with E-state index < -0.39 is 5.97 Å². The smallest absolute Gasteiger partial charge is 0.303 e. The molecule has 27 heavy (non-hydrogen) atoms. The fourth-order valence-corrected chi connectivity index (χ4v) is 4.55. The molecular formula is C21H28N2O4. The zero-order chi connectivity index (χ0) is 19.3. The average molecular weight is 372 g/mol. The van der Waals surface area contributed by atoms with E-state index >= 15 is 0 Å². The number of oxime groups is 1. The standard InChI is InChI=1S/C21H28N2O4/c24-19(25)6-3-16-7-9-21(10-8-16)11-13-23(14-12-21)20(26)18-4-1-17(2-5-18)15-22-27/h1-2,4-5,15-16,27H,3,6-14H2,(H,24,25). The van der Waals surface area contributed by atoms with Crippen molar-refractivity contribution < 1.29 is 19.9 Å². The average Bonchev–Trinajstić information content (AvgIpc) is 2.68. The van der Waals surface area contributed by atoms with Crippen LogP contribution in [0.5, 0.6) is 0 Å². The highest BCUT2D eigenvalue weighted by molar-refractivity contribution is 5.95. The first kappa shape index (κ1) is 19.4. The van der Waals surface area contributed by atoms with Crippen molar-refractivity contribution in [2.45, 2.75) is 51.4 Å². The maximum absolute atomic E-state index is 12.7. The van der Waals surface area contributed by atoms with E-state index in [4.69, 9.17) is 10.3 Å². The van der Waals surface area contributed by atoms with E-state index in [1.807, 2.05) is 4.90 Å². The lowest BCUT2D eigenvalue weighted by Crippen LogP contribution is -2.44. The van der Waals surface area contributed by atoms with E-state index in [9.17, 15) is 9.59 Å². The topological polar surface area (TPSA) is 90.2 Å². The molecule has 6 nitrogen and oxygen atoms in total. The van der Waals surface area contributed by atoms with Crippen molar-refractivity contribution in [3.8, 4) is 0 Å². The lowest BCUT2D eigenvalue weighted by Gasteiger charge is -2.46. The van der Waals surface area contributed by atoms with Crippen LogP contribution in [0.1, 0.15) is 67.3 Å². The Labute approximate surface area is 159 Å². The van der Waals surface area contributed by atoms with Gasteiger partial charge in [0, 0.05) is 25.1 Å². The van der Waals surface area contributed by atoms with Gasteiger partial charge >= 0.3 is 5.97 Å². The molecule has 1 aromatic carbocycles. The Morgan fingerprint density at radius 1 is 1.11 bits per heavy atom. The van der Waals surface area contributed by atoms with Crippen molar-refractivity contribution in [1.82, 2.24) is 4.90 Å².